The van der Waals surface area contributed by atoms with Crippen molar-refractivity contribution in [2.75, 3.05) is 27.9 Å². The van der Waals surface area contributed by atoms with Crippen molar-refractivity contribution in [3.8, 4) is 23.0 Å². The van der Waals surface area contributed by atoms with Crippen LogP contribution >= 0.6 is 0 Å². The summed E-state index contributed by atoms with van der Waals surface area (Å²) in [7, 11) is 4.77. The molecule has 2 amide bonds. The van der Waals surface area contributed by atoms with Gasteiger partial charge in [-0.25, -0.2) is 5.48 Å². The summed E-state index contributed by atoms with van der Waals surface area (Å²) in [6.07, 6.45) is 4.06. The maximum absolute atomic E-state index is 12.9. The number of hydroxylamine groups is 1. The van der Waals surface area contributed by atoms with Gasteiger partial charge in [0.05, 0.1) is 21.3 Å². The Balaban J connectivity index is 1.39. The van der Waals surface area contributed by atoms with Crippen LogP contribution in [-0.2, 0) is 24.4 Å². The molecule has 3 aromatic rings. The lowest BCUT2D eigenvalue weighted by atomic mass is 9.98. The fourth-order valence-electron chi connectivity index (χ4n) is 4.23. The number of methoxy groups -OCH3 is 3. The smallest absolute Gasteiger partial charge is 0.274 e. The molecular formula is C29H30N2O7. The number of rotatable bonds is 9. The molecule has 0 saturated carbocycles. The molecule has 9 nitrogen and oxygen atoms in total. The highest BCUT2D eigenvalue weighted by molar-refractivity contribution is 5.93. The predicted octanol–water partition coefficient (Wildman–Crippen LogP) is 4.01. The van der Waals surface area contributed by atoms with Gasteiger partial charge >= 0.3 is 0 Å². The molecule has 2 N–H and O–H groups in total. The summed E-state index contributed by atoms with van der Waals surface area (Å²) in [5.41, 5.74) is 5.78. The van der Waals surface area contributed by atoms with Gasteiger partial charge in [-0.2, -0.15) is 0 Å². The predicted molar refractivity (Wildman–Crippen MR) is 141 cm³/mol. The summed E-state index contributed by atoms with van der Waals surface area (Å²) in [5.74, 6) is 1.76. The van der Waals surface area contributed by atoms with Gasteiger partial charge in [-0.1, -0.05) is 18.2 Å². The van der Waals surface area contributed by atoms with Crippen molar-refractivity contribution in [2.45, 2.75) is 19.6 Å². The molecule has 0 radical (unpaired) electrons. The number of hydrogen-bond acceptors (Lipinski definition) is 7. The van der Waals surface area contributed by atoms with Crippen LogP contribution in [0.25, 0.3) is 6.08 Å². The zero-order valence-electron chi connectivity index (χ0n) is 21.5. The molecule has 0 saturated heterocycles. The van der Waals surface area contributed by atoms with Crippen molar-refractivity contribution < 1.29 is 33.7 Å². The summed E-state index contributed by atoms with van der Waals surface area (Å²) >= 11 is 0. The van der Waals surface area contributed by atoms with Gasteiger partial charge in [0.1, 0.15) is 6.61 Å². The monoisotopic (exact) mass is 518 g/mol. The zero-order chi connectivity index (χ0) is 27.1. The third-order valence-electron chi connectivity index (χ3n) is 6.35. The Labute approximate surface area is 221 Å². The molecule has 0 aromatic heterocycles. The maximum atomic E-state index is 12.9. The van der Waals surface area contributed by atoms with Crippen LogP contribution in [-0.4, -0.2) is 49.8 Å². The number of carbonyl (C=O) groups is 2. The lowest BCUT2D eigenvalue weighted by Crippen LogP contribution is -2.34. The maximum Gasteiger partial charge on any atom is 0.274 e. The molecule has 0 atom stereocenters. The van der Waals surface area contributed by atoms with Gasteiger partial charge in [-0.15, -0.1) is 0 Å². The second kappa shape index (κ2) is 12.2. The first kappa shape index (κ1) is 26.6. The minimum absolute atomic E-state index is 0.0805. The molecule has 1 aliphatic rings. The van der Waals surface area contributed by atoms with Crippen LogP contribution in [0.2, 0.25) is 0 Å². The van der Waals surface area contributed by atoms with Gasteiger partial charge in [0.25, 0.3) is 5.91 Å². The van der Waals surface area contributed by atoms with Crippen LogP contribution in [0.5, 0.6) is 23.0 Å². The van der Waals surface area contributed by atoms with E-state index in [4.69, 9.17) is 24.2 Å². The Bertz CT molecular complexity index is 1340. The van der Waals surface area contributed by atoms with Gasteiger partial charge in [-0.05, 0) is 71.1 Å². The Morgan fingerprint density at radius 3 is 2.21 bits per heavy atom. The molecule has 0 fully saturated rings. The van der Waals surface area contributed by atoms with Gasteiger partial charge < -0.3 is 23.8 Å². The number of amides is 2. The Kier molecular flexibility index (Phi) is 8.50. The molecule has 198 valence electrons. The summed E-state index contributed by atoms with van der Waals surface area (Å²) in [5, 5.41) is 8.72. The van der Waals surface area contributed by atoms with E-state index in [2.05, 4.69) is 0 Å². The lowest BCUT2D eigenvalue weighted by Gasteiger charge is -2.28. The van der Waals surface area contributed by atoms with Crippen LogP contribution in [0.4, 0.5) is 0 Å². The zero-order valence-corrected chi connectivity index (χ0v) is 21.5. The van der Waals surface area contributed by atoms with Gasteiger partial charge in [0.15, 0.2) is 23.0 Å². The van der Waals surface area contributed by atoms with Crippen molar-refractivity contribution in [1.29, 1.82) is 0 Å². The molecule has 1 heterocycles. The number of nitrogens with one attached hydrogen (secondary N) is 1. The van der Waals surface area contributed by atoms with Crippen molar-refractivity contribution in [1.82, 2.24) is 10.4 Å². The third-order valence-corrected chi connectivity index (χ3v) is 6.35. The quantitative estimate of drug-likeness (QED) is 0.250. The van der Waals surface area contributed by atoms with Gasteiger partial charge in [0, 0.05) is 24.7 Å². The van der Waals surface area contributed by atoms with Gasteiger partial charge in [0.2, 0.25) is 5.91 Å². The number of nitrogens with zero attached hydrogens (tertiary/aromatic N) is 1. The first-order valence-corrected chi connectivity index (χ1v) is 12.0. The summed E-state index contributed by atoms with van der Waals surface area (Å²) in [6.45, 7) is 1.38. The van der Waals surface area contributed by atoms with E-state index in [0.717, 1.165) is 28.7 Å². The second-order valence-electron chi connectivity index (χ2n) is 8.66. The largest absolute Gasteiger partial charge is 0.493 e. The molecular weight excluding hydrogens is 488 g/mol. The summed E-state index contributed by atoms with van der Waals surface area (Å²) in [6, 6.07) is 16.0. The fraction of sp³-hybridized carbons (Fsp3) is 0.241. The Morgan fingerprint density at radius 1 is 0.895 bits per heavy atom. The molecule has 4 rings (SSSR count). The number of carbonyl (C=O) groups excluding carboxylic acids is 2. The first-order chi connectivity index (χ1) is 18.4. The van der Waals surface area contributed by atoms with Crippen molar-refractivity contribution in [3.63, 3.8) is 0 Å². The minimum Gasteiger partial charge on any atom is -0.493 e. The molecule has 0 unspecified atom stereocenters. The van der Waals surface area contributed by atoms with Gasteiger partial charge in [-0.3, -0.25) is 14.8 Å². The standard InChI is InChI=1S/C29H30N2O7/c1-35-25-14-19(6-10-24(25)38-18-20-4-8-21(9-5-20)29(33)30-34)7-11-28(32)31-13-12-22-15-26(36-2)27(37-3)16-23(22)17-31/h4-11,14-16,34H,12-13,17-18H2,1-3H3,(H,30,33). The number of hydrogen-bond donors (Lipinski definition) is 2. The van der Waals surface area contributed by atoms with E-state index in [9.17, 15) is 9.59 Å². The molecule has 0 bridgehead atoms. The lowest BCUT2D eigenvalue weighted by molar-refractivity contribution is -0.126. The summed E-state index contributed by atoms with van der Waals surface area (Å²) in [4.78, 5) is 26.2. The third kappa shape index (κ3) is 6.07. The fourth-order valence-corrected chi connectivity index (χ4v) is 4.23. The Morgan fingerprint density at radius 2 is 1.55 bits per heavy atom. The van der Waals surface area contributed by atoms with Crippen LogP contribution < -0.4 is 24.4 Å². The molecule has 0 spiro atoms. The SMILES string of the molecule is COc1cc2c(cc1OC)CN(C(=O)C=Cc1ccc(OCc3ccc(C(=O)NO)cc3)c(OC)c1)CC2. The van der Waals surface area contributed by atoms with E-state index in [0.29, 0.717) is 41.7 Å². The average molecular weight is 519 g/mol. The normalized spacial score (nSPS) is 12.6. The topological polar surface area (TPSA) is 107 Å². The van der Waals surface area contributed by atoms with Crippen LogP contribution in [0.15, 0.2) is 60.7 Å². The van der Waals surface area contributed by atoms with Crippen molar-refractivity contribution in [3.05, 3.63) is 88.5 Å². The molecule has 1 aliphatic heterocycles. The number of fused-ring (bicyclic) bond motifs is 1. The van der Waals surface area contributed by atoms with E-state index in [1.54, 1.807) is 80.3 Å². The minimum atomic E-state index is -0.577. The van der Waals surface area contributed by atoms with E-state index in [1.165, 1.54) is 0 Å². The van der Waals surface area contributed by atoms with Crippen molar-refractivity contribution >= 4 is 17.9 Å². The van der Waals surface area contributed by atoms with E-state index in [-0.39, 0.29) is 12.5 Å². The molecule has 3 aromatic carbocycles. The molecule has 9 heteroatoms. The molecule has 0 aliphatic carbocycles. The summed E-state index contributed by atoms with van der Waals surface area (Å²) < 4.78 is 22.2. The van der Waals surface area contributed by atoms with E-state index in [1.807, 2.05) is 18.2 Å². The van der Waals surface area contributed by atoms with Crippen LogP contribution in [0.3, 0.4) is 0 Å². The van der Waals surface area contributed by atoms with E-state index < -0.39 is 5.91 Å². The Hall–Kier alpha value is -4.50. The molecule has 38 heavy (non-hydrogen) atoms. The number of ether oxygens (including phenoxy) is 4. The van der Waals surface area contributed by atoms with Crippen LogP contribution in [0.1, 0.15) is 32.6 Å². The van der Waals surface area contributed by atoms with E-state index >= 15 is 0 Å². The highest BCUT2D eigenvalue weighted by Gasteiger charge is 2.21. The highest BCUT2D eigenvalue weighted by atomic mass is 16.5. The second-order valence-corrected chi connectivity index (χ2v) is 8.66. The first-order valence-electron chi connectivity index (χ1n) is 12.0. The van der Waals surface area contributed by atoms with Crippen molar-refractivity contribution in [2.24, 2.45) is 0 Å². The number of benzene rings is 3. The highest BCUT2D eigenvalue weighted by Crippen LogP contribution is 2.33. The van der Waals surface area contributed by atoms with Crippen LogP contribution in [0, 0.1) is 0 Å². The average Bonchev–Trinajstić information content (AvgIpc) is 2.97.